The number of benzene rings is 2. The van der Waals surface area contributed by atoms with Crippen molar-refractivity contribution in [2.24, 2.45) is 0 Å². The molecule has 0 amide bonds. The molecule has 3 rings (SSSR count). The Bertz CT molecular complexity index is 820. The highest BCUT2D eigenvalue weighted by molar-refractivity contribution is 6.29. The maximum atomic E-state index is 12.8. The Morgan fingerprint density at radius 2 is 1.54 bits per heavy atom. The lowest BCUT2D eigenvalue weighted by Gasteiger charge is -2.19. The zero-order chi connectivity index (χ0) is 17.1. The van der Waals surface area contributed by atoms with Crippen molar-refractivity contribution in [3.63, 3.8) is 0 Å². The topological polar surface area (TPSA) is 60.4 Å². The Balaban J connectivity index is 1.94. The van der Waals surface area contributed by atoms with E-state index in [4.69, 9.17) is 4.74 Å². The lowest BCUT2D eigenvalue weighted by atomic mass is 9.83. The molecule has 0 aromatic heterocycles. The van der Waals surface area contributed by atoms with Crippen LogP contribution in [0.3, 0.4) is 0 Å². The van der Waals surface area contributed by atoms with Crippen molar-refractivity contribution in [2.45, 2.75) is 32.6 Å². The van der Waals surface area contributed by atoms with Gasteiger partial charge in [0.25, 0.3) is 0 Å². The van der Waals surface area contributed by atoms with Gasteiger partial charge in [-0.15, -0.1) is 0 Å². The predicted molar refractivity (Wildman–Crippen MR) is 89.5 cm³/mol. The van der Waals surface area contributed by atoms with Crippen LogP contribution in [-0.4, -0.2) is 17.5 Å². The van der Waals surface area contributed by atoms with Gasteiger partial charge in [-0.05, 0) is 12.5 Å². The van der Waals surface area contributed by atoms with E-state index < -0.39 is 0 Å². The van der Waals surface area contributed by atoms with Gasteiger partial charge in [0, 0.05) is 23.1 Å². The summed E-state index contributed by atoms with van der Waals surface area (Å²) in [7, 11) is 0. The zero-order valence-electron chi connectivity index (χ0n) is 13.5. The van der Waals surface area contributed by atoms with Gasteiger partial charge in [-0.25, -0.2) is 0 Å². The third-order valence-electron chi connectivity index (χ3n) is 4.12. The molecule has 2 aromatic carbocycles. The van der Waals surface area contributed by atoms with Gasteiger partial charge in [-0.2, -0.15) is 0 Å². The van der Waals surface area contributed by atoms with Crippen molar-refractivity contribution < 1.29 is 19.1 Å². The molecule has 24 heavy (non-hydrogen) atoms. The molecule has 0 heterocycles. The number of unbranched alkanes of at least 4 members (excludes halogenated alkanes) is 2. The second kappa shape index (κ2) is 6.79. The van der Waals surface area contributed by atoms with Gasteiger partial charge in [0.15, 0.2) is 11.6 Å². The van der Waals surface area contributed by atoms with Gasteiger partial charge in [0.2, 0.25) is 0 Å². The number of ether oxygens (including phenoxy) is 1. The van der Waals surface area contributed by atoms with Crippen LogP contribution in [0.5, 0.6) is 5.75 Å². The number of fused-ring (bicyclic) bond motifs is 2. The van der Waals surface area contributed by atoms with Crippen LogP contribution < -0.4 is 4.74 Å². The minimum Gasteiger partial charge on any atom is -0.426 e. The largest absolute Gasteiger partial charge is 0.426 e. The van der Waals surface area contributed by atoms with Crippen molar-refractivity contribution in [3.8, 4) is 5.75 Å². The van der Waals surface area contributed by atoms with Crippen LogP contribution in [0.2, 0.25) is 0 Å². The molecular weight excluding hydrogens is 304 g/mol. The number of hydrogen-bond donors (Lipinski definition) is 0. The Morgan fingerprint density at radius 3 is 2.25 bits per heavy atom. The monoisotopic (exact) mass is 322 g/mol. The number of ketones is 2. The van der Waals surface area contributed by atoms with Crippen LogP contribution in [0.15, 0.2) is 42.5 Å². The number of hydrogen-bond acceptors (Lipinski definition) is 4. The fraction of sp³-hybridized carbons (Fsp3) is 0.250. The highest BCUT2D eigenvalue weighted by Crippen LogP contribution is 2.33. The molecule has 1 aliphatic carbocycles. The second-order valence-corrected chi connectivity index (χ2v) is 5.81. The summed E-state index contributed by atoms with van der Waals surface area (Å²) in [5.74, 6) is -0.709. The van der Waals surface area contributed by atoms with E-state index in [0.717, 1.165) is 19.3 Å². The van der Waals surface area contributed by atoms with E-state index in [1.165, 1.54) is 0 Å². The van der Waals surface area contributed by atoms with E-state index in [9.17, 15) is 14.4 Å². The first-order valence-corrected chi connectivity index (χ1v) is 8.15. The van der Waals surface area contributed by atoms with Gasteiger partial charge < -0.3 is 4.74 Å². The molecule has 4 heteroatoms. The molecule has 0 saturated heterocycles. The first kappa shape index (κ1) is 16.1. The van der Waals surface area contributed by atoms with Crippen LogP contribution >= 0.6 is 0 Å². The molecule has 0 aliphatic heterocycles. The molecular formula is C20H18O4. The fourth-order valence-electron chi connectivity index (χ4n) is 2.89. The SMILES string of the molecule is CCCCCC(=O)Oc1cccc2c1C(=O)c1ccccc1C2=O. The second-order valence-electron chi connectivity index (χ2n) is 5.81. The van der Waals surface area contributed by atoms with Crippen LogP contribution in [0.4, 0.5) is 0 Å². The minimum atomic E-state index is -0.379. The fourth-order valence-corrected chi connectivity index (χ4v) is 2.89. The Morgan fingerprint density at radius 1 is 0.875 bits per heavy atom. The molecule has 0 spiro atoms. The summed E-state index contributed by atoms with van der Waals surface area (Å²) in [5.41, 5.74) is 1.22. The number of carbonyl (C=O) groups excluding carboxylic acids is 3. The molecule has 1 aliphatic rings. The normalized spacial score (nSPS) is 12.5. The first-order valence-electron chi connectivity index (χ1n) is 8.15. The van der Waals surface area contributed by atoms with E-state index in [1.54, 1.807) is 42.5 Å². The highest BCUT2D eigenvalue weighted by atomic mass is 16.5. The first-order chi connectivity index (χ1) is 11.6. The molecule has 122 valence electrons. The van der Waals surface area contributed by atoms with E-state index in [-0.39, 0.29) is 34.4 Å². The highest BCUT2D eigenvalue weighted by Gasteiger charge is 2.32. The molecule has 0 radical (unpaired) electrons. The van der Waals surface area contributed by atoms with Crippen LogP contribution in [-0.2, 0) is 4.79 Å². The molecule has 0 unspecified atom stereocenters. The van der Waals surface area contributed by atoms with Crippen molar-refractivity contribution in [2.75, 3.05) is 0 Å². The van der Waals surface area contributed by atoms with E-state index >= 15 is 0 Å². The summed E-state index contributed by atoms with van der Waals surface area (Å²) in [6.07, 6.45) is 3.01. The van der Waals surface area contributed by atoms with Crippen LogP contribution in [0, 0.1) is 0 Å². The smallest absolute Gasteiger partial charge is 0.311 e. The standard InChI is InChI=1S/C20H18O4/c1-2-3-4-12-17(21)24-16-11-7-10-15-18(16)20(23)14-9-6-5-8-13(14)19(15)22/h5-11H,2-4,12H2,1H3. The third kappa shape index (κ3) is 2.87. The molecule has 0 saturated carbocycles. The maximum absolute atomic E-state index is 12.8. The lowest BCUT2D eigenvalue weighted by Crippen LogP contribution is -2.22. The molecule has 0 bridgehead atoms. The average molecular weight is 322 g/mol. The van der Waals surface area contributed by atoms with Crippen molar-refractivity contribution in [1.82, 2.24) is 0 Å². The summed E-state index contributed by atoms with van der Waals surface area (Å²) in [6, 6.07) is 11.5. The Kier molecular flexibility index (Phi) is 4.56. The van der Waals surface area contributed by atoms with Crippen molar-refractivity contribution >= 4 is 17.5 Å². The minimum absolute atomic E-state index is 0.168. The van der Waals surface area contributed by atoms with E-state index in [2.05, 4.69) is 6.92 Å². The van der Waals surface area contributed by atoms with Crippen LogP contribution in [0.1, 0.15) is 64.4 Å². The summed E-state index contributed by atoms with van der Waals surface area (Å²) < 4.78 is 5.38. The summed E-state index contributed by atoms with van der Waals surface area (Å²) >= 11 is 0. The van der Waals surface area contributed by atoms with Gasteiger partial charge in [0.1, 0.15) is 5.75 Å². The molecule has 4 nitrogen and oxygen atoms in total. The van der Waals surface area contributed by atoms with Gasteiger partial charge in [-0.1, -0.05) is 56.2 Å². The maximum Gasteiger partial charge on any atom is 0.311 e. The zero-order valence-corrected chi connectivity index (χ0v) is 13.5. The predicted octanol–water partition coefficient (Wildman–Crippen LogP) is 3.95. The quantitative estimate of drug-likeness (QED) is 0.405. The Hall–Kier alpha value is -2.75. The molecule has 0 atom stereocenters. The van der Waals surface area contributed by atoms with Crippen molar-refractivity contribution in [1.29, 1.82) is 0 Å². The van der Waals surface area contributed by atoms with Crippen molar-refractivity contribution in [3.05, 3.63) is 64.7 Å². The number of esters is 1. The third-order valence-corrected chi connectivity index (χ3v) is 4.12. The average Bonchev–Trinajstić information content (AvgIpc) is 2.60. The summed E-state index contributed by atoms with van der Waals surface area (Å²) in [4.78, 5) is 37.4. The van der Waals surface area contributed by atoms with E-state index in [1.807, 2.05) is 0 Å². The van der Waals surface area contributed by atoms with Crippen LogP contribution in [0.25, 0.3) is 0 Å². The molecule has 2 aromatic rings. The number of rotatable bonds is 5. The molecule has 0 N–H and O–H groups in total. The van der Waals surface area contributed by atoms with Gasteiger partial charge in [0.05, 0.1) is 5.56 Å². The van der Waals surface area contributed by atoms with E-state index in [0.29, 0.717) is 17.5 Å². The number of carbonyl (C=O) groups is 3. The lowest BCUT2D eigenvalue weighted by molar-refractivity contribution is -0.134. The molecule has 0 fully saturated rings. The van der Waals surface area contributed by atoms with Gasteiger partial charge in [-0.3, -0.25) is 14.4 Å². The van der Waals surface area contributed by atoms with Gasteiger partial charge >= 0.3 is 5.97 Å². The Labute approximate surface area is 140 Å². The summed E-state index contributed by atoms with van der Waals surface area (Å²) in [6.45, 7) is 2.06. The summed E-state index contributed by atoms with van der Waals surface area (Å²) in [5, 5.41) is 0.